The molecule has 0 aliphatic rings. The lowest BCUT2D eigenvalue weighted by atomic mass is 10.1. The lowest BCUT2D eigenvalue weighted by Crippen LogP contribution is -2.11. The van der Waals surface area contributed by atoms with E-state index in [-0.39, 0.29) is 0 Å². The van der Waals surface area contributed by atoms with Gasteiger partial charge in [-0.25, -0.2) is 9.97 Å². The van der Waals surface area contributed by atoms with E-state index in [2.05, 4.69) is 15.3 Å². The summed E-state index contributed by atoms with van der Waals surface area (Å²) in [4.78, 5) is 20.4. The van der Waals surface area contributed by atoms with Gasteiger partial charge in [-0.15, -0.1) is 0 Å². The van der Waals surface area contributed by atoms with Gasteiger partial charge < -0.3 is 11.1 Å². The molecule has 0 unspecified atom stereocenters. The van der Waals surface area contributed by atoms with E-state index in [1.54, 1.807) is 36.7 Å². The normalized spacial score (nSPS) is 10.9. The Balaban J connectivity index is 1.66. The van der Waals surface area contributed by atoms with Crippen molar-refractivity contribution in [2.75, 3.05) is 5.32 Å². The topological polar surface area (TPSA) is 85.3 Å². The number of nitrogens with zero attached hydrogens (tertiary/aromatic N) is 3. The van der Waals surface area contributed by atoms with Crippen LogP contribution < -0.4 is 11.1 Å². The Morgan fingerprint density at radius 2 is 1.96 bits per heavy atom. The monoisotopic (exact) mass is 411 g/mol. The van der Waals surface area contributed by atoms with Crippen molar-refractivity contribution in [2.45, 2.75) is 6.54 Å². The van der Waals surface area contributed by atoms with Crippen LogP contribution in [0.25, 0.3) is 16.9 Å². The highest BCUT2D eigenvalue weighted by Gasteiger charge is 2.12. The summed E-state index contributed by atoms with van der Waals surface area (Å²) in [5, 5.41) is 4.29. The predicted molar refractivity (Wildman–Crippen MR) is 111 cm³/mol. The molecule has 0 atom stereocenters. The van der Waals surface area contributed by atoms with Crippen LogP contribution in [0.4, 0.5) is 5.82 Å². The molecule has 8 heteroatoms. The molecule has 0 fully saturated rings. The minimum atomic E-state index is -0.475. The second-order valence-corrected chi connectivity index (χ2v) is 6.97. The molecule has 0 radical (unpaired) electrons. The van der Waals surface area contributed by atoms with Crippen LogP contribution in [-0.2, 0) is 6.54 Å². The van der Waals surface area contributed by atoms with Crippen molar-refractivity contribution >= 4 is 40.6 Å². The highest BCUT2D eigenvalue weighted by Crippen LogP contribution is 2.26. The fourth-order valence-corrected chi connectivity index (χ4v) is 3.24. The molecule has 140 valence electrons. The second-order valence-electron chi connectivity index (χ2n) is 6.16. The Hall–Kier alpha value is -3.09. The Labute approximate surface area is 170 Å². The Morgan fingerprint density at radius 1 is 1.11 bits per heavy atom. The highest BCUT2D eigenvalue weighted by molar-refractivity contribution is 6.42. The summed E-state index contributed by atoms with van der Waals surface area (Å²) in [6.07, 6.45) is 5.27. The number of hydrogen-bond donors (Lipinski definition) is 2. The van der Waals surface area contributed by atoms with Crippen LogP contribution in [0.1, 0.15) is 15.9 Å². The molecule has 0 saturated heterocycles. The van der Waals surface area contributed by atoms with E-state index in [9.17, 15) is 4.79 Å². The molecule has 4 rings (SSSR count). The number of benzene rings is 2. The molecule has 0 saturated carbocycles. The number of rotatable bonds is 5. The molecule has 0 bridgehead atoms. The van der Waals surface area contributed by atoms with Crippen molar-refractivity contribution in [3.63, 3.8) is 0 Å². The zero-order chi connectivity index (χ0) is 19.7. The van der Waals surface area contributed by atoms with Crippen molar-refractivity contribution in [3.8, 4) is 11.3 Å². The smallest absolute Gasteiger partial charge is 0.248 e. The van der Waals surface area contributed by atoms with Crippen LogP contribution >= 0.6 is 23.2 Å². The van der Waals surface area contributed by atoms with Gasteiger partial charge in [0.15, 0.2) is 11.5 Å². The molecule has 6 nitrogen and oxygen atoms in total. The number of carbonyl (C=O) groups is 1. The van der Waals surface area contributed by atoms with Crippen LogP contribution in [0.3, 0.4) is 0 Å². The van der Waals surface area contributed by atoms with E-state index in [0.29, 0.717) is 33.6 Å². The maximum atomic E-state index is 11.5. The molecule has 28 heavy (non-hydrogen) atoms. The lowest BCUT2D eigenvalue weighted by molar-refractivity contribution is 0.100. The van der Waals surface area contributed by atoms with Crippen molar-refractivity contribution in [1.29, 1.82) is 0 Å². The summed E-state index contributed by atoms with van der Waals surface area (Å²) in [5.74, 6) is 0.155. The lowest BCUT2D eigenvalue weighted by Gasteiger charge is -2.11. The largest absolute Gasteiger partial charge is 0.366 e. The minimum absolute atomic E-state index is 0.438. The number of halogens is 2. The van der Waals surface area contributed by atoms with E-state index >= 15 is 0 Å². The van der Waals surface area contributed by atoms with Gasteiger partial charge in [0.2, 0.25) is 5.91 Å². The third-order valence-corrected chi connectivity index (χ3v) is 5.05. The van der Waals surface area contributed by atoms with Gasteiger partial charge in [0, 0.05) is 30.1 Å². The summed E-state index contributed by atoms with van der Waals surface area (Å²) in [7, 11) is 0. The van der Waals surface area contributed by atoms with Gasteiger partial charge in [0.25, 0.3) is 0 Å². The predicted octanol–water partition coefficient (Wildman–Crippen LogP) is 4.41. The molecule has 2 heterocycles. The Bertz CT molecular complexity index is 1190. The van der Waals surface area contributed by atoms with Crippen LogP contribution in [0.2, 0.25) is 10.0 Å². The van der Waals surface area contributed by atoms with Gasteiger partial charge in [-0.2, -0.15) is 0 Å². The van der Waals surface area contributed by atoms with E-state index in [1.165, 1.54) is 0 Å². The van der Waals surface area contributed by atoms with Crippen molar-refractivity contribution in [1.82, 2.24) is 14.4 Å². The molecule has 1 amide bonds. The second kappa shape index (κ2) is 7.50. The minimum Gasteiger partial charge on any atom is -0.366 e. The molecule has 4 aromatic rings. The summed E-state index contributed by atoms with van der Waals surface area (Å²) in [6.45, 7) is 0.517. The first kappa shape index (κ1) is 18.3. The van der Waals surface area contributed by atoms with Crippen LogP contribution in [0.5, 0.6) is 0 Å². The molecule has 2 aromatic heterocycles. The van der Waals surface area contributed by atoms with E-state index < -0.39 is 5.91 Å². The number of aromatic nitrogens is 3. The first-order valence-corrected chi connectivity index (χ1v) is 9.18. The quantitative estimate of drug-likeness (QED) is 0.508. The number of nitrogens with two attached hydrogens (primary N) is 1. The first-order chi connectivity index (χ1) is 13.5. The molecule has 0 aliphatic heterocycles. The van der Waals surface area contributed by atoms with Crippen LogP contribution in [0.15, 0.2) is 61.1 Å². The summed E-state index contributed by atoms with van der Waals surface area (Å²) >= 11 is 12.0. The average Bonchev–Trinajstić information content (AvgIpc) is 3.19. The average molecular weight is 412 g/mol. The summed E-state index contributed by atoms with van der Waals surface area (Å²) in [5.41, 5.74) is 9.09. The Kier molecular flexibility index (Phi) is 4.90. The molecule has 3 N–H and O–H groups in total. The Morgan fingerprint density at radius 3 is 2.75 bits per heavy atom. The molecule has 2 aromatic carbocycles. The van der Waals surface area contributed by atoms with Gasteiger partial charge in [-0.1, -0.05) is 41.4 Å². The number of amides is 1. The van der Waals surface area contributed by atoms with E-state index in [0.717, 1.165) is 16.8 Å². The SMILES string of the molecule is NC(=O)c1cccc(-c2cnc(NCc3ccc(Cl)c(Cl)c3)c3nccn23)c1. The fraction of sp³-hybridized carbons (Fsp3) is 0.0500. The zero-order valence-electron chi connectivity index (χ0n) is 14.6. The van der Waals surface area contributed by atoms with Gasteiger partial charge in [0.05, 0.1) is 21.9 Å². The van der Waals surface area contributed by atoms with Crippen LogP contribution in [0, 0.1) is 0 Å². The molecular formula is C20H15Cl2N5O. The fourth-order valence-electron chi connectivity index (χ4n) is 2.92. The number of hydrogen-bond acceptors (Lipinski definition) is 4. The third-order valence-electron chi connectivity index (χ3n) is 4.31. The van der Waals surface area contributed by atoms with E-state index in [4.69, 9.17) is 28.9 Å². The van der Waals surface area contributed by atoms with Crippen molar-refractivity contribution in [2.24, 2.45) is 5.73 Å². The summed E-state index contributed by atoms with van der Waals surface area (Å²) in [6, 6.07) is 12.6. The number of fused-ring (bicyclic) bond motifs is 1. The highest BCUT2D eigenvalue weighted by atomic mass is 35.5. The number of primary amides is 1. The van der Waals surface area contributed by atoms with Crippen molar-refractivity contribution < 1.29 is 4.79 Å². The third kappa shape index (κ3) is 3.52. The van der Waals surface area contributed by atoms with Gasteiger partial charge in [-0.3, -0.25) is 9.20 Å². The van der Waals surface area contributed by atoms with Gasteiger partial charge in [-0.05, 0) is 29.8 Å². The number of anilines is 1. The first-order valence-electron chi connectivity index (χ1n) is 8.43. The standard InChI is InChI=1S/C20H15Cl2N5O/c21-15-5-4-12(8-16(15)22)10-25-19-20-24-6-7-27(20)17(11-26-19)13-2-1-3-14(9-13)18(23)28/h1-9,11H,10H2,(H2,23,28)(H,25,26). The van der Waals surface area contributed by atoms with Crippen molar-refractivity contribution in [3.05, 3.63) is 82.2 Å². The number of carbonyl (C=O) groups excluding carboxylic acids is 1. The summed E-state index contributed by atoms with van der Waals surface area (Å²) < 4.78 is 1.91. The van der Waals surface area contributed by atoms with Crippen LogP contribution in [-0.4, -0.2) is 20.3 Å². The maximum absolute atomic E-state index is 11.5. The van der Waals surface area contributed by atoms with Gasteiger partial charge in [0.1, 0.15) is 0 Å². The number of imidazole rings is 1. The zero-order valence-corrected chi connectivity index (χ0v) is 16.1. The van der Waals surface area contributed by atoms with Gasteiger partial charge >= 0.3 is 0 Å². The molecule has 0 spiro atoms. The maximum Gasteiger partial charge on any atom is 0.248 e. The number of nitrogens with one attached hydrogen (secondary N) is 1. The van der Waals surface area contributed by atoms with E-state index in [1.807, 2.05) is 28.8 Å². The molecular weight excluding hydrogens is 397 g/mol. The molecule has 0 aliphatic carbocycles.